The van der Waals surface area contributed by atoms with Crippen LogP contribution in [0.5, 0.6) is 0 Å². The number of nitrogens with zero attached hydrogens (tertiary/aromatic N) is 1. The first kappa shape index (κ1) is 9.05. The maximum Gasteiger partial charge on any atom is -0.00138 e. The van der Waals surface area contributed by atoms with Gasteiger partial charge in [-0.3, -0.25) is 0 Å². The van der Waals surface area contributed by atoms with Gasteiger partial charge in [0.15, 0.2) is 0 Å². The van der Waals surface area contributed by atoms with Crippen molar-refractivity contribution in [3.63, 3.8) is 0 Å². The average Bonchev–Trinajstić information content (AvgIpc) is 2.32. The summed E-state index contributed by atoms with van der Waals surface area (Å²) in [7, 11) is 0. The van der Waals surface area contributed by atoms with E-state index in [0.717, 1.165) is 0 Å². The Hall–Kier alpha value is -0.0400. The van der Waals surface area contributed by atoms with Gasteiger partial charge in [-0.25, -0.2) is 0 Å². The minimum absolute atomic E-state index is 0.516. The highest BCUT2D eigenvalue weighted by Gasteiger charge is 2.15. The Morgan fingerprint density at radius 2 is 1.64 bits per heavy atom. The fourth-order valence-corrected chi connectivity index (χ4v) is 1.50. The van der Waals surface area contributed by atoms with Crippen LogP contribution in [-0.2, 0) is 0 Å². The molecule has 1 fully saturated rings. The summed E-state index contributed by atoms with van der Waals surface area (Å²) in [6, 6.07) is 0. The van der Waals surface area contributed by atoms with Crippen LogP contribution in [-0.4, -0.2) is 24.5 Å². The third-order valence-electron chi connectivity index (χ3n) is 2.38. The zero-order valence-electron chi connectivity index (χ0n) is 8.19. The van der Waals surface area contributed by atoms with Crippen molar-refractivity contribution < 1.29 is 0 Å². The van der Waals surface area contributed by atoms with Gasteiger partial charge in [0.25, 0.3) is 0 Å². The van der Waals surface area contributed by atoms with Gasteiger partial charge in [0.2, 0.25) is 0 Å². The lowest BCUT2D eigenvalue weighted by atomic mass is 9.92. The smallest absolute Gasteiger partial charge is 0.00138 e. The second-order valence-corrected chi connectivity index (χ2v) is 4.86. The van der Waals surface area contributed by atoms with Crippen molar-refractivity contribution in [3.8, 4) is 0 Å². The van der Waals surface area contributed by atoms with E-state index in [1.165, 1.54) is 38.9 Å². The standard InChI is InChI=1S/C10H21N/c1-10(2,3)6-9-11-7-4-5-8-11/h4-9H2,1-3H3. The fraction of sp³-hybridized carbons (Fsp3) is 1.00. The van der Waals surface area contributed by atoms with Crippen LogP contribution in [0.25, 0.3) is 0 Å². The lowest BCUT2D eigenvalue weighted by Gasteiger charge is -2.22. The van der Waals surface area contributed by atoms with Gasteiger partial charge >= 0.3 is 0 Å². The lowest BCUT2D eigenvalue weighted by molar-refractivity contribution is 0.265. The van der Waals surface area contributed by atoms with Gasteiger partial charge in [-0.05, 0) is 44.3 Å². The maximum absolute atomic E-state index is 2.59. The van der Waals surface area contributed by atoms with Crippen LogP contribution in [0.1, 0.15) is 40.0 Å². The number of likely N-dealkylation sites (tertiary alicyclic amines) is 1. The summed E-state index contributed by atoms with van der Waals surface area (Å²) in [6.07, 6.45) is 4.18. The number of hydrogen-bond acceptors (Lipinski definition) is 1. The summed E-state index contributed by atoms with van der Waals surface area (Å²) >= 11 is 0. The van der Waals surface area contributed by atoms with Crippen molar-refractivity contribution >= 4 is 0 Å². The Morgan fingerprint density at radius 3 is 2.09 bits per heavy atom. The molecule has 0 radical (unpaired) electrons. The summed E-state index contributed by atoms with van der Waals surface area (Å²) in [4.78, 5) is 2.59. The fourth-order valence-electron chi connectivity index (χ4n) is 1.50. The molecule has 1 nitrogen and oxygen atoms in total. The minimum Gasteiger partial charge on any atom is -0.303 e. The monoisotopic (exact) mass is 155 g/mol. The van der Waals surface area contributed by atoms with E-state index in [1.54, 1.807) is 0 Å². The third-order valence-corrected chi connectivity index (χ3v) is 2.38. The molecule has 0 spiro atoms. The molecule has 1 saturated heterocycles. The highest BCUT2D eigenvalue weighted by molar-refractivity contribution is 4.70. The molecule has 0 aromatic carbocycles. The van der Waals surface area contributed by atoms with Gasteiger partial charge in [0, 0.05) is 0 Å². The molecule has 0 aromatic rings. The van der Waals surface area contributed by atoms with E-state index in [-0.39, 0.29) is 0 Å². The van der Waals surface area contributed by atoms with Gasteiger partial charge < -0.3 is 4.90 Å². The molecule has 1 rings (SSSR count). The molecule has 0 atom stereocenters. The van der Waals surface area contributed by atoms with Crippen LogP contribution in [0.4, 0.5) is 0 Å². The Labute approximate surface area is 70.8 Å². The quantitative estimate of drug-likeness (QED) is 0.592. The molecule has 1 aliphatic heterocycles. The SMILES string of the molecule is CC(C)(C)CCN1CCCC1. The predicted molar refractivity (Wildman–Crippen MR) is 49.7 cm³/mol. The Bertz CT molecular complexity index is 107. The molecule has 0 saturated carbocycles. The molecule has 1 heteroatoms. The molecule has 1 heterocycles. The zero-order valence-corrected chi connectivity index (χ0v) is 8.19. The molecule has 66 valence electrons. The van der Waals surface area contributed by atoms with Crippen LogP contribution in [0.3, 0.4) is 0 Å². The summed E-state index contributed by atoms with van der Waals surface area (Å²) < 4.78 is 0. The van der Waals surface area contributed by atoms with Gasteiger partial charge in [0.05, 0.1) is 0 Å². The van der Waals surface area contributed by atoms with E-state index in [0.29, 0.717) is 5.41 Å². The molecular formula is C10H21N. The second-order valence-electron chi connectivity index (χ2n) is 4.86. The van der Waals surface area contributed by atoms with E-state index in [4.69, 9.17) is 0 Å². The van der Waals surface area contributed by atoms with Gasteiger partial charge in [-0.15, -0.1) is 0 Å². The van der Waals surface area contributed by atoms with E-state index >= 15 is 0 Å². The molecule has 0 N–H and O–H groups in total. The first-order valence-corrected chi connectivity index (χ1v) is 4.80. The van der Waals surface area contributed by atoms with E-state index < -0.39 is 0 Å². The van der Waals surface area contributed by atoms with Crippen molar-refractivity contribution in [3.05, 3.63) is 0 Å². The van der Waals surface area contributed by atoms with Crippen LogP contribution in [0, 0.1) is 5.41 Å². The minimum atomic E-state index is 0.516. The van der Waals surface area contributed by atoms with E-state index in [1.807, 2.05) is 0 Å². The Kier molecular flexibility index (Phi) is 2.94. The molecular weight excluding hydrogens is 134 g/mol. The number of rotatable bonds is 2. The molecule has 11 heavy (non-hydrogen) atoms. The summed E-state index contributed by atoms with van der Waals surface area (Å²) in [6.45, 7) is 11.0. The first-order valence-electron chi connectivity index (χ1n) is 4.80. The zero-order chi connectivity index (χ0) is 8.32. The van der Waals surface area contributed by atoms with Crippen molar-refractivity contribution in [2.45, 2.75) is 40.0 Å². The maximum atomic E-state index is 2.59. The highest BCUT2D eigenvalue weighted by atomic mass is 15.1. The summed E-state index contributed by atoms with van der Waals surface area (Å²) in [5.41, 5.74) is 0.516. The summed E-state index contributed by atoms with van der Waals surface area (Å²) in [5, 5.41) is 0. The van der Waals surface area contributed by atoms with E-state index in [2.05, 4.69) is 25.7 Å². The van der Waals surface area contributed by atoms with Gasteiger partial charge in [-0.2, -0.15) is 0 Å². The van der Waals surface area contributed by atoms with Crippen LogP contribution in [0.2, 0.25) is 0 Å². The normalized spacial score (nSPS) is 21.0. The van der Waals surface area contributed by atoms with Crippen molar-refractivity contribution in [2.75, 3.05) is 19.6 Å². The van der Waals surface area contributed by atoms with Crippen molar-refractivity contribution in [1.82, 2.24) is 4.90 Å². The molecule has 0 aromatic heterocycles. The second kappa shape index (κ2) is 3.57. The lowest BCUT2D eigenvalue weighted by Crippen LogP contribution is -2.24. The van der Waals surface area contributed by atoms with Gasteiger partial charge in [0.1, 0.15) is 0 Å². The Morgan fingerprint density at radius 1 is 1.09 bits per heavy atom. The third kappa shape index (κ3) is 3.76. The van der Waals surface area contributed by atoms with Crippen molar-refractivity contribution in [1.29, 1.82) is 0 Å². The first-order chi connectivity index (χ1) is 5.08. The molecule has 0 aliphatic carbocycles. The Balaban J connectivity index is 2.11. The van der Waals surface area contributed by atoms with E-state index in [9.17, 15) is 0 Å². The molecule has 0 bridgehead atoms. The number of hydrogen-bond donors (Lipinski definition) is 0. The van der Waals surface area contributed by atoms with Crippen LogP contribution >= 0.6 is 0 Å². The van der Waals surface area contributed by atoms with Crippen LogP contribution in [0.15, 0.2) is 0 Å². The average molecular weight is 155 g/mol. The molecule has 1 aliphatic rings. The molecule has 0 amide bonds. The highest BCUT2D eigenvalue weighted by Crippen LogP contribution is 2.20. The van der Waals surface area contributed by atoms with Crippen molar-refractivity contribution in [2.24, 2.45) is 5.41 Å². The van der Waals surface area contributed by atoms with Crippen LogP contribution < -0.4 is 0 Å². The predicted octanol–water partition coefficient (Wildman–Crippen LogP) is 2.52. The van der Waals surface area contributed by atoms with Gasteiger partial charge in [-0.1, -0.05) is 20.8 Å². The summed E-state index contributed by atoms with van der Waals surface area (Å²) in [5.74, 6) is 0. The largest absolute Gasteiger partial charge is 0.303 e. The molecule has 0 unspecified atom stereocenters. The topological polar surface area (TPSA) is 3.24 Å².